The van der Waals surface area contributed by atoms with Gasteiger partial charge in [0.2, 0.25) is 5.16 Å². The summed E-state index contributed by atoms with van der Waals surface area (Å²) in [4.78, 5) is 11.9. The number of aromatic nitrogens is 3. The Morgan fingerprint density at radius 1 is 1.26 bits per heavy atom. The average molecular weight is 295 g/mol. The van der Waals surface area contributed by atoms with Crippen LogP contribution in [-0.4, -0.2) is 21.1 Å². The summed E-state index contributed by atoms with van der Waals surface area (Å²) >= 11 is 7.05. The molecule has 1 aromatic heterocycles. The third-order valence-electron chi connectivity index (χ3n) is 2.37. The highest BCUT2D eigenvalue weighted by Crippen LogP contribution is 2.11. The number of halogens is 1. The summed E-state index contributed by atoms with van der Waals surface area (Å²) in [6.45, 7) is 0. The Labute approximate surface area is 119 Å². The van der Waals surface area contributed by atoms with Gasteiger partial charge in [-0.1, -0.05) is 41.6 Å². The van der Waals surface area contributed by atoms with Crippen LogP contribution in [0.2, 0.25) is 5.02 Å². The number of thioether (sulfide) groups is 1. The molecule has 2 rings (SSSR count). The second-order valence-electron chi connectivity index (χ2n) is 3.63. The Balaban J connectivity index is 2.31. The van der Waals surface area contributed by atoms with E-state index in [-0.39, 0.29) is 11.3 Å². The fourth-order valence-electron chi connectivity index (χ4n) is 1.39. The molecule has 7 heteroatoms. The van der Waals surface area contributed by atoms with Crippen LogP contribution in [0.25, 0.3) is 12.2 Å². The lowest BCUT2D eigenvalue weighted by Gasteiger charge is -2.02. The lowest BCUT2D eigenvalue weighted by molar-refractivity contribution is 0.695. The van der Waals surface area contributed by atoms with Crippen molar-refractivity contribution in [1.29, 1.82) is 0 Å². The topological polar surface area (TPSA) is 73.8 Å². The van der Waals surface area contributed by atoms with Crippen LogP contribution in [0.15, 0.2) is 34.2 Å². The zero-order valence-corrected chi connectivity index (χ0v) is 11.6. The summed E-state index contributed by atoms with van der Waals surface area (Å²) in [6, 6.07) is 7.21. The minimum atomic E-state index is -0.385. The molecule has 0 aliphatic carbocycles. The van der Waals surface area contributed by atoms with Gasteiger partial charge in [0.15, 0.2) is 5.69 Å². The largest absolute Gasteiger partial charge is 0.334 e. The Kier molecular flexibility index (Phi) is 4.24. The highest BCUT2D eigenvalue weighted by molar-refractivity contribution is 7.98. The molecule has 0 saturated heterocycles. The average Bonchev–Trinajstić information content (AvgIpc) is 2.42. The third kappa shape index (κ3) is 3.15. The predicted octanol–water partition coefficient (Wildman–Crippen LogP) is 1.90. The van der Waals surface area contributed by atoms with E-state index >= 15 is 0 Å². The minimum Gasteiger partial charge on any atom is -0.334 e. The van der Waals surface area contributed by atoms with Gasteiger partial charge in [-0.2, -0.15) is 4.68 Å². The van der Waals surface area contributed by atoms with Gasteiger partial charge in [0.05, 0.1) is 0 Å². The molecule has 2 aromatic rings. The molecule has 1 aromatic carbocycles. The van der Waals surface area contributed by atoms with E-state index in [0.717, 1.165) is 10.2 Å². The monoisotopic (exact) mass is 294 g/mol. The lowest BCUT2D eigenvalue weighted by atomic mass is 10.2. The van der Waals surface area contributed by atoms with Gasteiger partial charge in [0, 0.05) is 5.02 Å². The Hall–Kier alpha value is -1.79. The Morgan fingerprint density at radius 3 is 2.58 bits per heavy atom. The van der Waals surface area contributed by atoms with E-state index in [1.807, 2.05) is 12.1 Å². The van der Waals surface area contributed by atoms with E-state index in [4.69, 9.17) is 17.4 Å². The van der Waals surface area contributed by atoms with Crippen molar-refractivity contribution >= 4 is 35.5 Å². The van der Waals surface area contributed by atoms with Crippen molar-refractivity contribution in [3.63, 3.8) is 0 Å². The van der Waals surface area contributed by atoms with Gasteiger partial charge in [0.1, 0.15) is 0 Å². The van der Waals surface area contributed by atoms with Crippen molar-refractivity contribution in [3.05, 3.63) is 50.9 Å². The first-order chi connectivity index (χ1) is 9.11. The number of hydrogen-bond donors (Lipinski definition) is 1. The molecule has 0 amide bonds. The molecule has 0 fully saturated rings. The van der Waals surface area contributed by atoms with E-state index in [0.29, 0.717) is 10.2 Å². The fourth-order valence-corrected chi connectivity index (χ4v) is 1.92. The van der Waals surface area contributed by atoms with E-state index in [2.05, 4.69) is 10.2 Å². The second-order valence-corrected chi connectivity index (χ2v) is 4.84. The van der Waals surface area contributed by atoms with Gasteiger partial charge in [-0.05, 0) is 30.0 Å². The maximum atomic E-state index is 11.9. The first-order valence-electron chi connectivity index (χ1n) is 5.34. The van der Waals surface area contributed by atoms with Crippen LogP contribution in [0.3, 0.4) is 0 Å². The molecule has 2 N–H and O–H groups in total. The molecule has 0 aliphatic heterocycles. The van der Waals surface area contributed by atoms with Crippen molar-refractivity contribution < 1.29 is 0 Å². The highest BCUT2D eigenvalue weighted by atomic mass is 35.5. The lowest BCUT2D eigenvalue weighted by Crippen LogP contribution is -2.32. The van der Waals surface area contributed by atoms with Crippen molar-refractivity contribution in [2.24, 2.45) is 0 Å². The zero-order valence-electron chi connectivity index (χ0n) is 10.1. The molecule has 98 valence electrons. The van der Waals surface area contributed by atoms with Gasteiger partial charge < -0.3 is 5.84 Å². The standard InChI is InChI=1S/C12H11ClN4OS/c1-19-12-16-15-10(11(18)17(12)14)7-4-8-2-5-9(13)6-3-8/h2-7H,14H2,1H3. The van der Waals surface area contributed by atoms with Gasteiger partial charge in [0.25, 0.3) is 5.56 Å². The highest BCUT2D eigenvalue weighted by Gasteiger charge is 2.06. The summed E-state index contributed by atoms with van der Waals surface area (Å²) in [5.74, 6) is 5.61. The molecule has 0 atom stereocenters. The summed E-state index contributed by atoms with van der Waals surface area (Å²) in [5, 5.41) is 8.74. The molecule has 19 heavy (non-hydrogen) atoms. The van der Waals surface area contributed by atoms with E-state index in [9.17, 15) is 4.79 Å². The maximum absolute atomic E-state index is 11.9. The SMILES string of the molecule is CSc1nnc(C=Cc2ccc(Cl)cc2)c(=O)n1N. The molecule has 0 radical (unpaired) electrons. The summed E-state index contributed by atoms with van der Waals surface area (Å²) in [5.41, 5.74) is 0.711. The molecule has 1 heterocycles. The fraction of sp³-hybridized carbons (Fsp3) is 0.0833. The quantitative estimate of drug-likeness (QED) is 0.691. The van der Waals surface area contributed by atoms with Crippen molar-refractivity contribution in [1.82, 2.24) is 14.9 Å². The van der Waals surface area contributed by atoms with Gasteiger partial charge in [-0.15, -0.1) is 10.2 Å². The van der Waals surface area contributed by atoms with E-state index in [1.165, 1.54) is 11.8 Å². The first kappa shape index (κ1) is 13.6. The number of benzene rings is 1. The molecular formula is C12H11ClN4OS. The molecule has 0 spiro atoms. The molecule has 0 bridgehead atoms. The molecular weight excluding hydrogens is 284 g/mol. The van der Waals surface area contributed by atoms with Crippen LogP contribution < -0.4 is 11.4 Å². The third-order valence-corrected chi connectivity index (χ3v) is 3.27. The molecule has 5 nitrogen and oxygen atoms in total. The normalized spacial score (nSPS) is 11.1. The van der Waals surface area contributed by atoms with Gasteiger partial charge in [-0.25, -0.2) is 0 Å². The Morgan fingerprint density at radius 2 is 1.95 bits per heavy atom. The van der Waals surface area contributed by atoms with E-state index < -0.39 is 0 Å². The number of rotatable bonds is 3. The number of nitrogens with two attached hydrogens (primary N) is 1. The number of hydrogen-bond acceptors (Lipinski definition) is 5. The van der Waals surface area contributed by atoms with Crippen molar-refractivity contribution in [2.75, 3.05) is 12.1 Å². The van der Waals surface area contributed by atoms with Crippen molar-refractivity contribution in [3.8, 4) is 0 Å². The van der Waals surface area contributed by atoms with Crippen LogP contribution in [-0.2, 0) is 0 Å². The molecule has 0 aliphatic rings. The van der Waals surface area contributed by atoms with Crippen molar-refractivity contribution in [2.45, 2.75) is 5.16 Å². The van der Waals surface area contributed by atoms with Crippen LogP contribution in [0.4, 0.5) is 0 Å². The Bertz CT molecular complexity index is 666. The molecule has 0 saturated carbocycles. The summed E-state index contributed by atoms with van der Waals surface area (Å²) < 4.78 is 0.985. The summed E-state index contributed by atoms with van der Waals surface area (Å²) in [7, 11) is 0. The van der Waals surface area contributed by atoms with E-state index in [1.54, 1.807) is 30.5 Å². The van der Waals surface area contributed by atoms with Gasteiger partial charge >= 0.3 is 0 Å². The van der Waals surface area contributed by atoms with Gasteiger partial charge in [-0.3, -0.25) is 4.79 Å². The number of nitrogens with zero attached hydrogens (tertiary/aromatic N) is 3. The van der Waals surface area contributed by atoms with Crippen LogP contribution >= 0.6 is 23.4 Å². The van der Waals surface area contributed by atoms with Crippen LogP contribution in [0.1, 0.15) is 11.3 Å². The van der Waals surface area contributed by atoms with Crippen LogP contribution in [0.5, 0.6) is 0 Å². The summed E-state index contributed by atoms with van der Waals surface area (Å²) in [6.07, 6.45) is 5.10. The zero-order chi connectivity index (χ0) is 13.8. The number of nitrogen functional groups attached to an aromatic ring is 1. The van der Waals surface area contributed by atoms with Crippen LogP contribution in [0, 0.1) is 0 Å². The first-order valence-corrected chi connectivity index (χ1v) is 6.94. The maximum Gasteiger partial charge on any atom is 0.298 e. The molecule has 0 unspecified atom stereocenters. The smallest absolute Gasteiger partial charge is 0.298 e. The predicted molar refractivity (Wildman–Crippen MR) is 78.6 cm³/mol. The minimum absolute atomic E-state index is 0.190. The second kappa shape index (κ2) is 5.90.